The Morgan fingerprint density at radius 1 is 1.00 bits per heavy atom. The lowest BCUT2D eigenvalue weighted by molar-refractivity contribution is -0.292. The highest BCUT2D eigenvalue weighted by Crippen LogP contribution is 2.47. The van der Waals surface area contributed by atoms with Crippen molar-refractivity contribution in [3.63, 3.8) is 0 Å². The molecule has 1 aliphatic carbocycles. The van der Waals surface area contributed by atoms with Gasteiger partial charge in [-0.25, -0.2) is 0 Å². The summed E-state index contributed by atoms with van der Waals surface area (Å²) in [5, 5.41) is 11.0. The highest BCUT2D eigenvalue weighted by atomic mass is 16.7. The molecule has 0 aromatic carbocycles. The van der Waals surface area contributed by atoms with Crippen LogP contribution in [-0.2, 0) is 33.3 Å². The zero-order valence-electron chi connectivity index (χ0n) is 18.8. The number of hydrogen-bond donors (Lipinski definition) is 1. The third-order valence-corrected chi connectivity index (χ3v) is 6.34. The summed E-state index contributed by atoms with van der Waals surface area (Å²) >= 11 is 0. The van der Waals surface area contributed by atoms with Crippen LogP contribution >= 0.6 is 0 Å². The van der Waals surface area contributed by atoms with Crippen LogP contribution in [0, 0.1) is 29.6 Å². The maximum Gasteiger partial charge on any atom is 0.303 e. The molecule has 1 N–H and O–H groups in total. The summed E-state index contributed by atoms with van der Waals surface area (Å²) in [4.78, 5) is 35.1. The molecule has 0 bridgehead atoms. The van der Waals surface area contributed by atoms with Crippen molar-refractivity contribution in [3.8, 4) is 0 Å². The second-order valence-electron chi connectivity index (χ2n) is 9.08. The average molecular weight is 429 g/mol. The first-order valence-corrected chi connectivity index (χ1v) is 10.8. The van der Waals surface area contributed by atoms with Crippen molar-refractivity contribution < 1.29 is 38.4 Å². The molecule has 2 rings (SSSR count). The Balaban J connectivity index is 2.42. The molecule has 3 unspecified atom stereocenters. The van der Waals surface area contributed by atoms with Gasteiger partial charge < -0.3 is 24.1 Å². The van der Waals surface area contributed by atoms with Gasteiger partial charge in [0, 0.05) is 20.8 Å². The number of ether oxygens (including phenoxy) is 4. The van der Waals surface area contributed by atoms with Crippen LogP contribution in [0.3, 0.4) is 0 Å². The highest BCUT2D eigenvalue weighted by Gasteiger charge is 2.54. The Morgan fingerprint density at radius 2 is 1.60 bits per heavy atom. The van der Waals surface area contributed by atoms with E-state index in [1.165, 1.54) is 20.8 Å². The maximum atomic E-state index is 12.0. The predicted molar refractivity (Wildman–Crippen MR) is 107 cm³/mol. The van der Waals surface area contributed by atoms with Crippen LogP contribution in [0.2, 0.25) is 0 Å². The van der Waals surface area contributed by atoms with E-state index in [1.54, 1.807) is 0 Å². The van der Waals surface area contributed by atoms with E-state index in [4.69, 9.17) is 18.9 Å². The van der Waals surface area contributed by atoms with Gasteiger partial charge in [-0.2, -0.15) is 0 Å². The molecule has 0 amide bonds. The SMILES string of the molecule is CC(=O)OC[C@H]1O[C@H](O)[C@H](C2CC(C)CCC2C(C)C)[C@@H](OC(C)=O)[C@H]1OC(C)=O. The van der Waals surface area contributed by atoms with Crippen LogP contribution < -0.4 is 0 Å². The number of hydrogen-bond acceptors (Lipinski definition) is 8. The van der Waals surface area contributed by atoms with Crippen molar-refractivity contribution in [1.82, 2.24) is 0 Å². The number of esters is 3. The Bertz CT molecular complexity index is 618. The van der Waals surface area contributed by atoms with Gasteiger partial charge in [0.05, 0.1) is 5.92 Å². The summed E-state index contributed by atoms with van der Waals surface area (Å²) in [6.07, 6.45) is -1.09. The van der Waals surface area contributed by atoms with E-state index in [0.717, 1.165) is 19.3 Å². The van der Waals surface area contributed by atoms with E-state index in [2.05, 4.69) is 20.8 Å². The van der Waals surface area contributed by atoms with Gasteiger partial charge in [-0.05, 0) is 36.5 Å². The van der Waals surface area contributed by atoms with Gasteiger partial charge in [0.25, 0.3) is 0 Å². The molecule has 1 saturated carbocycles. The molecule has 8 heteroatoms. The van der Waals surface area contributed by atoms with E-state index in [-0.39, 0.29) is 12.5 Å². The summed E-state index contributed by atoms with van der Waals surface area (Å²) in [6, 6.07) is 0. The van der Waals surface area contributed by atoms with Gasteiger partial charge in [0.1, 0.15) is 18.8 Å². The van der Waals surface area contributed by atoms with Crippen molar-refractivity contribution in [1.29, 1.82) is 0 Å². The molecule has 0 aromatic rings. The van der Waals surface area contributed by atoms with Crippen molar-refractivity contribution in [2.24, 2.45) is 29.6 Å². The number of carbonyl (C=O) groups excluding carboxylic acids is 3. The van der Waals surface area contributed by atoms with Gasteiger partial charge in [-0.1, -0.05) is 27.2 Å². The van der Waals surface area contributed by atoms with Crippen LogP contribution in [0.15, 0.2) is 0 Å². The Morgan fingerprint density at radius 3 is 2.13 bits per heavy atom. The molecule has 1 aliphatic heterocycles. The number of carbonyl (C=O) groups is 3. The van der Waals surface area contributed by atoms with Gasteiger partial charge >= 0.3 is 17.9 Å². The second-order valence-corrected chi connectivity index (χ2v) is 9.08. The van der Waals surface area contributed by atoms with E-state index < -0.39 is 48.4 Å². The lowest BCUT2D eigenvalue weighted by atomic mass is 9.63. The van der Waals surface area contributed by atoms with Gasteiger partial charge in [0.15, 0.2) is 12.4 Å². The van der Waals surface area contributed by atoms with Crippen molar-refractivity contribution in [3.05, 3.63) is 0 Å². The third kappa shape index (κ3) is 6.17. The van der Waals surface area contributed by atoms with Crippen molar-refractivity contribution in [2.75, 3.05) is 6.61 Å². The summed E-state index contributed by atoms with van der Waals surface area (Å²) in [5.41, 5.74) is 0. The molecule has 2 aliphatic rings. The zero-order chi connectivity index (χ0) is 22.6. The molecule has 8 nitrogen and oxygen atoms in total. The normalized spacial score (nSPS) is 36.8. The molecule has 0 radical (unpaired) electrons. The van der Waals surface area contributed by atoms with Crippen LogP contribution in [-0.4, -0.2) is 54.2 Å². The molecule has 1 heterocycles. The first-order chi connectivity index (χ1) is 14.0. The Labute approximate surface area is 178 Å². The Hall–Kier alpha value is -1.67. The molecule has 0 aromatic heterocycles. The summed E-state index contributed by atoms with van der Waals surface area (Å²) in [6.45, 7) is 10.1. The summed E-state index contributed by atoms with van der Waals surface area (Å²) < 4.78 is 22.0. The summed E-state index contributed by atoms with van der Waals surface area (Å²) in [5.74, 6) is -1.01. The predicted octanol–water partition coefficient (Wildman–Crippen LogP) is 2.45. The number of aliphatic hydroxyl groups excluding tert-OH is 1. The maximum absolute atomic E-state index is 12.0. The van der Waals surface area contributed by atoms with Gasteiger partial charge in [0.2, 0.25) is 0 Å². The lowest BCUT2D eigenvalue weighted by Crippen LogP contribution is -2.61. The highest BCUT2D eigenvalue weighted by molar-refractivity contribution is 5.67. The molecule has 2 fully saturated rings. The van der Waals surface area contributed by atoms with Crippen LogP contribution in [0.1, 0.15) is 60.8 Å². The zero-order valence-corrected chi connectivity index (χ0v) is 18.8. The quantitative estimate of drug-likeness (QED) is 0.508. The Kier molecular flexibility index (Phi) is 8.67. The monoisotopic (exact) mass is 428 g/mol. The third-order valence-electron chi connectivity index (χ3n) is 6.34. The minimum absolute atomic E-state index is 0.0285. The second kappa shape index (κ2) is 10.6. The van der Waals surface area contributed by atoms with Crippen LogP contribution in [0.4, 0.5) is 0 Å². The number of rotatable bonds is 6. The largest absolute Gasteiger partial charge is 0.463 e. The van der Waals surface area contributed by atoms with E-state index in [1.807, 2.05) is 0 Å². The topological polar surface area (TPSA) is 108 Å². The van der Waals surface area contributed by atoms with Crippen molar-refractivity contribution >= 4 is 17.9 Å². The van der Waals surface area contributed by atoms with Crippen LogP contribution in [0.5, 0.6) is 0 Å². The van der Waals surface area contributed by atoms with Crippen molar-refractivity contribution in [2.45, 2.75) is 85.4 Å². The molecule has 30 heavy (non-hydrogen) atoms. The standard InChI is InChI=1S/C22H36O8/c1-11(2)16-8-7-12(3)9-17(16)19-21(29-15(6)25)20(28-14(5)24)18(30-22(19)26)10-27-13(4)23/h11-12,16-22,26H,7-10H2,1-6H3/t12?,16?,17?,18-,19-,20+,21-,22+/m1/s1. The first-order valence-electron chi connectivity index (χ1n) is 10.8. The van der Waals surface area contributed by atoms with E-state index in [0.29, 0.717) is 17.8 Å². The fourth-order valence-electron chi connectivity index (χ4n) is 5.12. The molecule has 172 valence electrons. The van der Waals surface area contributed by atoms with Gasteiger partial charge in [-0.15, -0.1) is 0 Å². The number of aliphatic hydroxyl groups is 1. The first kappa shape index (κ1) is 24.6. The smallest absolute Gasteiger partial charge is 0.303 e. The van der Waals surface area contributed by atoms with Crippen LogP contribution in [0.25, 0.3) is 0 Å². The summed E-state index contributed by atoms with van der Waals surface area (Å²) in [7, 11) is 0. The molecule has 1 saturated heterocycles. The van der Waals surface area contributed by atoms with E-state index in [9.17, 15) is 19.5 Å². The average Bonchev–Trinajstić information content (AvgIpc) is 2.61. The minimum atomic E-state index is -1.24. The van der Waals surface area contributed by atoms with E-state index >= 15 is 0 Å². The molecular weight excluding hydrogens is 392 g/mol. The molecular formula is C22H36O8. The van der Waals surface area contributed by atoms with Gasteiger partial charge in [-0.3, -0.25) is 14.4 Å². The fraction of sp³-hybridized carbons (Fsp3) is 0.864. The minimum Gasteiger partial charge on any atom is -0.463 e. The molecule has 0 spiro atoms. The fourth-order valence-corrected chi connectivity index (χ4v) is 5.12. The molecule has 8 atom stereocenters. The lowest BCUT2D eigenvalue weighted by Gasteiger charge is -2.50.